The van der Waals surface area contributed by atoms with Crippen LogP contribution in [-0.2, 0) is 10.0 Å². The van der Waals surface area contributed by atoms with Gasteiger partial charge in [-0.1, -0.05) is 48.0 Å². The summed E-state index contributed by atoms with van der Waals surface area (Å²) in [7, 11) is -3.66. The number of hydrogen-bond acceptors (Lipinski definition) is 3. The molecule has 4 nitrogen and oxygen atoms in total. The lowest BCUT2D eigenvalue weighted by atomic mass is 10.1. The lowest BCUT2D eigenvalue weighted by molar-refractivity contribution is 0.584. The highest BCUT2D eigenvalue weighted by molar-refractivity contribution is 7.89. The summed E-state index contributed by atoms with van der Waals surface area (Å²) in [5, 5.41) is 4.42. The quantitative estimate of drug-likeness (QED) is 0.697. The monoisotopic (exact) mass is 308 g/mol. The maximum Gasteiger partial charge on any atom is 0.276 e. The molecule has 0 saturated carbocycles. The Balaban J connectivity index is 2.23. The van der Waals surface area contributed by atoms with Crippen LogP contribution in [-0.4, -0.2) is 14.1 Å². The number of halogens is 1. The van der Waals surface area contributed by atoms with Crippen LogP contribution in [0.1, 0.15) is 12.5 Å². The number of benzene rings is 2. The number of nitrogens with one attached hydrogen (secondary N) is 1. The van der Waals surface area contributed by atoms with E-state index in [-0.39, 0.29) is 4.90 Å². The lowest BCUT2D eigenvalue weighted by Gasteiger charge is -2.06. The molecule has 0 fully saturated rings. The van der Waals surface area contributed by atoms with E-state index >= 15 is 0 Å². The van der Waals surface area contributed by atoms with E-state index in [4.69, 9.17) is 11.6 Å². The van der Waals surface area contributed by atoms with Gasteiger partial charge in [-0.2, -0.15) is 18.4 Å². The first-order valence-electron chi connectivity index (χ1n) is 5.87. The highest BCUT2D eigenvalue weighted by atomic mass is 35.5. The van der Waals surface area contributed by atoms with Gasteiger partial charge in [0.15, 0.2) is 0 Å². The van der Waals surface area contributed by atoms with Crippen LogP contribution >= 0.6 is 11.6 Å². The van der Waals surface area contributed by atoms with Gasteiger partial charge in [0.25, 0.3) is 10.0 Å². The van der Waals surface area contributed by atoms with E-state index in [1.54, 1.807) is 43.3 Å². The third kappa shape index (κ3) is 3.37. The summed E-state index contributed by atoms with van der Waals surface area (Å²) < 4.78 is 24.0. The Morgan fingerprint density at radius 3 is 2.30 bits per heavy atom. The number of hydrogen-bond donors (Lipinski definition) is 1. The fourth-order valence-electron chi connectivity index (χ4n) is 1.60. The second-order valence-corrected chi connectivity index (χ2v) is 6.15. The van der Waals surface area contributed by atoms with Crippen LogP contribution in [0.25, 0.3) is 0 Å². The van der Waals surface area contributed by atoms with E-state index in [0.29, 0.717) is 16.3 Å². The highest BCUT2D eigenvalue weighted by Gasteiger charge is 2.12. The molecule has 0 radical (unpaired) electrons. The van der Waals surface area contributed by atoms with E-state index in [1.165, 1.54) is 12.1 Å². The van der Waals surface area contributed by atoms with Gasteiger partial charge in [0.1, 0.15) is 0 Å². The van der Waals surface area contributed by atoms with Crippen LogP contribution in [0.3, 0.4) is 0 Å². The van der Waals surface area contributed by atoms with E-state index < -0.39 is 10.0 Å². The molecule has 0 aliphatic heterocycles. The molecule has 0 aromatic heterocycles. The van der Waals surface area contributed by atoms with E-state index in [9.17, 15) is 8.42 Å². The normalized spacial score (nSPS) is 12.2. The van der Waals surface area contributed by atoms with Crippen LogP contribution in [0, 0.1) is 0 Å². The third-order valence-electron chi connectivity index (χ3n) is 2.65. The Kier molecular flexibility index (Phi) is 4.42. The Morgan fingerprint density at radius 2 is 1.65 bits per heavy atom. The van der Waals surface area contributed by atoms with Crippen molar-refractivity contribution in [3.05, 3.63) is 65.2 Å². The summed E-state index contributed by atoms with van der Waals surface area (Å²) in [5.74, 6) is 0. The minimum Gasteiger partial charge on any atom is -0.200 e. The first kappa shape index (κ1) is 14.6. The molecule has 0 saturated heterocycles. The summed E-state index contributed by atoms with van der Waals surface area (Å²) in [6.07, 6.45) is 0. The van der Waals surface area contributed by atoms with E-state index in [0.717, 1.165) is 0 Å². The van der Waals surface area contributed by atoms with Gasteiger partial charge in [0.05, 0.1) is 10.6 Å². The highest BCUT2D eigenvalue weighted by Crippen LogP contribution is 2.16. The van der Waals surface area contributed by atoms with Gasteiger partial charge in [-0.15, -0.1) is 0 Å². The van der Waals surface area contributed by atoms with Crippen LogP contribution in [0.2, 0.25) is 5.02 Å². The summed E-state index contributed by atoms with van der Waals surface area (Å²) in [4.78, 5) is 2.36. The molecule has 2 aromatic carbocycles. The van der Waals surface area contributed by atoms with Crippen molar-refractivity contribution >= 4 is 27.3 Å². The third-order valence-corrected chi connectivity index (χ3v) is 4.20. The smallest absolute Gasteiger partial charge is 0.200 e. The molecule has 2 rings (SSSR count). The van der Waals surface area contributed by atoms with Crippen LogP contribution in [0.5, 0.6) is 0 Å². The molecule has 0 spiro atoms. The summed E-state index contributed by atoms with van der Waals surface area (Å²) in [6.45, 7) is 1.69. The summed E-state index contributed by atoms with van der Waals surface area (Å²) >= 11 is 6.03. The van der Waals surface area contributed by atoms with Gasteiger partial charge in [0.2, 0.25) is 0 Å². The molecule has 0 aliphatic rings. The van der Waals surface area contributed by atoms with E-state index in [2.05, 4.69) is 9.93 Å². The van der Waals surface area contributed by atoms with Crippen molar-refractivity contribution in [3.8, 4) is 0 Å². The minimum atomic E-state index is -3.66. The van der Waals surface area contributed by atoms with Gasteiger partial charge in [-0.05, 0) is 25.1 Å². The van der Waals surface area contributed by atoms with Crippen LogP contribution < -0.4 is 4.83 Å². The first-order valence-corrected chi connectivity index (χ1v) is 7.73. The van der Waals surface area contributed by atoms with Crippen LogP contribution in [0.15, 0.2) is 64.6 Å². The number of hydrazone groups is 1. The van der Waals surface area contributed by atoms with Gasteiger partial charge < -0.3 is 0 Å². The molecule has 0 aliphatic carbocycles. The molecule has 104 valence electrons. The van der Waals surface area contributed by atoms with Crippen molar-refractivity contribution in [1.82, 2.24) is 4.83 Å². The number of rotatable bonds is 4. The van der Waals surface area contributed by atoms with Crippen LogP contribution in [0.4, 0.5) is 0 Å². The van der Waals surface area contributed by atoms with Gasteiger partial charge in [-0.3, -0.25) is 0 Å². The average molecular weight is 309 g/mol. The standard InChI is InChI=1S/C14H13ClN2O2S/c1-11(13-9-5-6-10-14(13)15)16-17-20(18,19)12-7-3-2-4-8-12/h2-10,17H,1H3/b16-11-. The molecular weight excluding hydrogens is 296 g/mol. The van der Waals surface area contributed by atoms with Crippen molar-refractivity contribution in [3.63, 3.8) is 0 Å². The Labute approximate surface area is 123 Å². The summed E-state index contributed by atoms with van der Waals surface area (Å²) in [6, 6.07) is 15.2. The molecule has 20 heavy (non-hydrogen) atoms. The van der Waals surface area contributed by atoms with Crippen molar-refractivity contribution in [2.24, 2.45) is 5.10 Å². The fraction of sp³-hybridized carbons (Fsp3) is 0.0714. The Bertz CT molecular complexity index is 728. The largest absolute Gasteiger partial charge is 0.276 e. The molecule has 0 unspecified atom stereocenters. The lowest BCUT2D eigenvalue weighted by Crippen LogP contribution is -2.19. The topological polar surface area (TPSA) is 58.5 Å². The molecule has 2 aromatic rings. The predicted molar refractivity (Wildman–Crippen MR) is 80.4 cm³/mol. The SMILES string of the molecule is C/C(=N/NS(=O)(=O)c1ccccc1)c1ccccc1Cl. The van der Waals surface area contributed by atoms with Gasteiger partial charge >= 0.3 is 0 Å². The predicted octanol–water partition coefficient (Wildman–Crippen LogP) is 3.04. The molecule has 0 bridgehead atoms. The van der Waals surface area contributed by atoms with Crippen molar-refractivity contribution < 1.29 is 8.42 Å². The number of nitrogens with zero attached hydrogens (tertiary/aromatic N) is 1. The second-order valence-electron chi connectivity index (χ2n) is 4.08. The van der Waals surface area contributed by atoms with Gasteiger partial charge in [-0.25, -0.2) is 0 Å². The fourth-order valence-corrected chi connectivity index (χ4v) is 2.75. The van der Waals surface area contributed by atoms with Crippen molar-refractivity contribution in [1.29, 1.82) is 0 Å². The average Bonchev–Trinajstić information content (AvgIpc) is 2.46. The first-order chi connectivity index (χ1) is 9.50. The zero-order valence-corrected chi connectivity index (χ0v) is 12.3. The molecule has 1 N–H and O–H groups in total. The summed E-state index contributed by atoms with van der Waals surface area (Å²) in [5.41, 5.74) is 1.18. The maximum atomic E-state index is 12.0. The molecular formula is C14H13ClN2O2S. The zero-order valence-electron chi connectivity index (χ0n) is 10.7. The second kappa shape index (κ2) is 6.07. The Morgan fingerprint density at radius 1 is 1.05 bits per heavy atom. The molecule has 6 heteroatoms. The number of sulfonamides is 1. The minimum absolute atomic E-state index is 0.163. The zero-order chi connectivity index (χ0) is 14.6. The molecule has 0 atom stereocenters. The molecule has 0 amide bonds. The van der Waals surface area contributed by atoms with E-state index in [1.807, 2.05) is 6.07 Å². The maximum absolute atomic E-state index is 12.0. The molecule has 0 heterocycles. The van der Waals surface area contributed by atoms with Crippen molar-refractivity contribution in [2.45, 2.75) is 11.8 Å². The Hall–Kier alpha value is -1.85. The van der Waals surface area contributed by atoms with Gasteiger partial charge in [0, 0.05) is 10.6 Å². The van der Waals surface area contributed by atoms with Crippen molar-refractivity contribution in [2.75, 3.05) is 0 Å².